The van der Waals surface area contributed by atoms with Crippen molar-refractivity contribution in [3.8, 4) is 11.3 Å². The first-order valence-corrected chi connectivity index (χ1v) is 11.9. The van der Waals surface area contributed by atoms with Gasteiger partial charge in [0.15, 0.2) is 11.6 Å². The molecule has 0 spiro atoms. The van der Waals surface area contributed by atoms with E-state index >= 15 is 0 Å². The van der Waals surface area contributed by atoms with Crippen molar-refractivity contribution >= 4 is 41.0 Å². The van der Waals surface area contributed by atoms with Gasteiger partial charge in [-0.25, -0.2) is 24.8 Å². The van der Waals surface area contributed by atoms with E-state index in [4.69, 9.17) is 16.3 Å². The molecule has 1 aromatic carbocycles. The minimum absolute atomic E-state index is 0.188. The molecule has 10 nitrogen and oxygen atoms in total. The standard InChI is InChI=1S/C25H23ClFN9O/c1-16-11-28-15-31-23(16)17-8-18(26)10-21(9-17)33-20-3-2-19(29-12-20)13-32-35-25-30-14-22(27)24(34-25)36-4-6-37-7-5-36/h2-3,8-15,33H,4-7H2,1H3,(H,30,34,35)/b32-13+. The van der Waals surface area contributed by atoms with Crippen LogP contribution >= 0.6 is 11.6 Å². The fourth-order valence-electron chi connectivity index (χ4n) is 3.79. The lowest BCUT2D eigenvalue weighted by Crippen LogP contribution is -2.37. The van der Waals surface area contributed by atoms with Gasteiger partial charge in [-0.15, -0.1) is 0 Å². The van der Waals surface area contributed by atoms with Gasteiger partial charge in [0.05, 0.1) is 48.9 Å². The molecule has 0 unspecified atom stereocenters. The normalized spacial score (nSPS) is 13.6. The fraction of sp³-hybridized carbons (Fsp3) is 0.200. The van der Waals surface area contributed by atoms with Crippen LogP contribution in [0, 0.1) is 12.7 Å². The highest BCUT2D eigenvalue weighted by Gasteiger charge is 2.17. The Kier molecular flexibility index (Phi) is 7.43. The van der Waals surface area contributed by atoms with Gasteiger partial charge in [-0.05, 0) is 42.8 Å². The summed E-state index contributed by atoms with van der Waals surface area (Å²) in [5.41, 5.74) is 7.57. The largest absolute Gasteiger partial charge is 0.378 e. The molecule has 0 bridgehead atoms. The van der Waals surface area contributed by atoms with E-state index in [0.29, 0.717) is 37.0 Å². The summed E-state index contributed by atoms with van der Waals surface area (Å²) in [6.07, 6.45) is 7.62. The molecule has 0 saturated carbocycles. The number of hydrogen-bond acceptors (Lipinski definition) is 10. The Morgan fingerprint density at radius 3 is 2.70 bits per heavy atom. The summed E-state index contributed by atoms with van der Waals surface area (Å²) in [4.78, 5) is 22.8. The molecule has 0 radical (unpaired) electrons. The Morgan fingerprint density at radius 2 is 1.92 bits per heavy atom. The van der Waals surface area contributed by atoms with Gasteiger partial charge in [-0.2, -0.15) is 10.1 Å². The third-order valence-corrected chi connectivity index (χ3v) is 5.76. The number of nitrogens with zero attached hydrogens (tertiary/aromatic N) is 7. The van der Waals surface area contributed by atoms with Crippen LogP contribution in [0.4, 0.5) is 27.5 Å². The monoisotopic (exact) mass is 519 g/mol. The minimum Gasteiger partial charge on any atom is -0.378 e. The Bertz CT molecular complexity index is 1410. The van der Waals surface area contributed by atoms with Gasteiger partial charge >= 0.3 is 0 Å². The number of ether oxygens (including phenoxy) is 1. The minimum atomic E-state index is -0.486. The number of hydrazone groups is 1. The molecule has 0 atom stereocenters. The molecule has 0 aliphatic carbocycles. The summed E-state index contributed by atoms with van der Waals surface area (Å²) in [6.45, 7) is 4.14. The summed E-state index contributed by atoms with van der Waals surface area (Å²) in [5, 5.41) is 8.02. The number of aryl methyl sites for hydroxylation is 1. The summed E-state index contributed by atoms with van der Waals surface area (Å²) < 4.78 is 19.5. The van der Waals surface area contributed by atoms with Gasteiger partial charge < -0.3 is 15.0 Å². The molecular formula is C25H23ClFN9O. The van der Waals surface area contributed by atoms with Crippen molar-refractivity contribution in [3.05, 3.63) is 77.3 Å². The van der Waals surface area contributed by atoms with Crippen molar-refractivity contribution in [2.24, 2.45) is 5.10 Å². The first-order valence-electron chi connectivity index (χ1n) is 11.5. The average Bonchev–Trinajstić information content (AvgIpc) is 2.91. The van der Waals surface area contributed by atoms with Crippen LogP contribution in [0.1, 0.15) is 11.3 Å². The zero-order valence-corrected chi connectivity index (χ0v) is 20.7. The van der Waals surface area contributed by atoms with E-state index in [1.165, 1.54) is 12.5 Å². The molecule has 37 heavy (non-hydrogen) atoms. The Hall–Kier alpha value is -4.22. The zero-order chi connectivity index (χ0) is 25.6. The lowest BCUT2D eigenvalue weighted by molar-refractivity contribution is 0.122. The predicted molar refractivity (Wildman–Crippen MR) is 141 cm³/mol. The second kappa shape index (κ2) is 11.2. The molecule has 12 heteroatoms. The van der Waals surface area contributed by atoms with Gasteiger partial charge in [-0.1, -0.05) is 11.6 Å². The smallest absolute Gasteiger partial charge is 0.245 e. The van der Waals surface area contributed by atoms with E-state index in [0.717, 1.165) is 34.4 Å². The number of aromatic nitrogens is 5. The molecule has 5 rings (SSSR count). The highest BCUT2D eigenvalue weighted by Crippen LogP contribution is 2.29. The lowest BCUT2D eigenvalue weighted by Gasteiger charge is -2.27. The van der Waals surface area contributed by atoms with Gasteiger partial charge in [0, 0.05) is 35.6 Å². The van der Waals surface area contributed by atoms with Gasteiger partial charge in [-0.3, -0.25) is 4.98 Å². The van der Waals surface area contributed by atoms with E-state index in [-0.39, 0.29) is 11.8 Å². The summed E-state index contributed by atoms with van der Waals surface area (Å²) >= 11 is 6.35. The fourth-order valence-corrected chi connectivity index (χ4v) is 4.02. The van der Waals surface area contributed by atoms with Gasteiger partial charge in [0.2, 0.25) is 5.95 Å². The van der Waals surface area contributed by atoms with Crippen LogP contribution in [0.15, 0.2) is 60.4 Å². The first-order chi connectivity index (χ1) is 18.0. The molecule has 1 aliphatic heterocycles. The van der Waals surface area contributed by atoms with Gasteiger partial charge in [0.25, 0.3) is 0 Å². The zero-order valence-electron chi connectivity index (χ0n) is 19.9. The number of hydrogen-bond donors (Lipinski definition) is 2. The number of nitrogens with one attached hydrogen (secondary N) is 2. The van der Waals surface area contributed by atoms with Crippen molar-refractivity contribution in [3.63, 3.8) is 0 Å². The number of anilines is 4. The van der Waals surface area contributed by atoms with Crippen LogP contribution in [0.3, 0.4) is 0 Å². The highest BCUT2D eigenvalue weighted by molar-refractivity contribution is 6.31. The van der Waals surface area contributed by atoms with Gasteiger partial charge in [0.1, 0.15) is 6.33 Å². The number of rotatable bonds is 7. The van der Waals surface area contributed by atoms with Crippen LogP contribution in [-0.2, 0) is 4.74 Å². The van der Waals surface area contributed by atoms with Crippen LogP contribution in [0.5, 0.6) is 0 Å². The molecular weight excluding hydrogens is 497 g/mol. The van der Waals surface area contributed by atoms with E-state index in [1.54, 1.807) is 18.5 Å². The van der Waals surface area contributed by atoms with E-state index in [1.807, 2.05) is 36.1 Å². The molecule has 0 amide bonds. The summed E-state index contributed by atoms with van der Waals surface area (Å²) in [5.74, 6) is -0.0723. The maximum atomic E-state index is 14.2. The van der Waals surface area contributed by atoms with Crippen molar-refractivity contribution in [1.29, 1.82) is 0 Å². The maximum Gasteiger partial charge on any atom is 0.245 e. The van der Waals surface area contributed by atoms with Crippen molar-refractivity contribution < 1.29 is 9.13 Å². The first kappa shape index (κ1) is 24.5. The van der Waals surface area contributed by atoms with E-state index in [9.17, 15) is 4.39 Å². The molecule has 1 fully saturated rings. The number of morpholine rings is 1. The summed E-state index contributed by atoms with van der Waals surface area (Å²) in [6, 6.07) is 9.33. The van der Waals surface area contributed by atoms with Crippen molar-refractivity contribution in [1.82, 2.24) is 24.9 Å². The highest BCUT2D eigenvalue weighted by atomic mass is 35.5. The van der Waals surface area contributed by atoms with E-state index < -0.39 is 5.82 Å². The molecule has 188 valence electrons. The quantitative estimate of drug-likeness (QED) is 0.270. The van der Waals surface area contributed by atoms with Crippen LogP contribution in [-0.4, -0.2) is 57.4 Å². The lowest BCUT2D eigenvalue weighted by atomic mass is 10.1. The SMILES string of the molecule is Cc1cncnc1-c1cc(Cl)cc(Nc2ccc(/C=N/Nc3ncc(F)c(N4CCOCC4)n3)nc2)c1. The van der Waals surface area contributed by atoms with Crippen LogP contribution in [0.25, 0.3) is 11.3 Å². The van der Waals surface area contributed by atoms with Crippen molar-refractivity contribution in [2.75, 3.05) is 41.9 Å². The van der Waals surface area contributed by atoms with E-state index in [2.05, 4.69) is 40.8 Å². The molecule has 2 N–H and O–H groups in total. The molecule has 1 aliphatic rings. The average molecular weight is 520 g/mol. The topological polar surface area (TPSA) is 113 Å². The molecule has 3 aromatic heterocycles. The second-order valence-corrected chi connectivity index (χ2v) is 8.65. The van der Waals surface area contributed by atoms with Crippen LogP contribution < -0.4 is 15.6 Å². The number of benzene rings is 1. The van der Waals surface area contributed by atoms with Crippen LogP contribution in [0.2, 0.25) is 5.02 Å². The van der Waals surface area contributed by atoms with Crippen molar-refractivity contribution in [2.45, 2.75) is 6.92 Å². The third-order valence-electron chi connectivity index (χ3n) is 5.54. The maximum absolute atomic E-state index is 14.2. The Morgan fingerprint density at radius 1 is 1.05 bits per heavy atom. The number of pyridine rings is 1. The second-order valence-electron chi connectivity index (χ2n) is 8.21. The third kappa shape index (κ3) is 6.13. The predicted octanol–water partition coefficient (Wildman–Crippen LogP) is 4.46. The number of halogens is 2. The molecule has 4 heterocycles. The Labute approximate surface area is 217 Å². The summed E-state index contributed by atoms with van der Waals surface area (Å²) in [7, 11) is 0. The molecule has 1 saturated heterocycles. The molecule has 4 aromatic rings. The Balaban J connectivity index is 1.23.